The Labute approximate surface area is 117 Å². The van der Waals surface area contributed by atoms with Gasteiger partial charge in [-0.05, 0) is 31.7 Å². The van der Waals surface area contributed by atoms with Gasteiger partial charge in [0, 0.05) is 24.2 Å². The Bertz CT molecular complexity index is 626. The summed E-state index contributed by atoms with van der Waals surface area (Å²) in [5.74, 6) is 0.273. The number of hydrogen-bond donors (Lipinski definition) is 2. The highest BCUT2D eigenvalue weighted by atomic mass is 32.2. The van der Waals surface area contributed by atoms with Gasteiger partial charge in [0.25, 0.3) is 5.69 Å². The molecule has 110 valence electrons. The second kappa shape index (κ2) is 5.47. The smallest absolute Gasteiger partial charge is 0.273 e. The molecule has 0 bridgehead atoms. The van der Waals surface area contributed by atoms with Gasteiger partial charge in [0.2, 0.25) is 10.0 Å². The zero-order valence-corrected chi connectivity index (χ0v) is 11.9. The molecule has 8 heteroatoms. The Hall–Kier alpha value is -1.51. The monoisotopic (exact) mass is 299 g/mol. The van der Waals surface area contributed by atoms with Crippen LogP contribution in [0.4, 0.5) is 5.69 Å². The lowest BCUT2D eigenvalue weighted by atomic mass is 10.2. The molecule has 1 aromatic carbocycles. The van der Waals surface area contributed by atoms with Crippen LogP contribution in [0.3, 0.4) is 0 Å². The molecule has 1 aromatic rings. The molecule has 1 atom stereocenters. The van der Waals surface area contributed by atoms with E-state index >= 15 is 0 Å². The molecule has 3 N–H and O–H groups in total. The predicted octanol–water partition coefficient (Wildman–Crippen LogP) is 0.919. The van der Waals surface area contributed by atoms with Crippen molar-refractivity contribution in [1.29, 1.82) is 0 Å². The maximum absolute atomic E-state index is 12.2. The topological polar surface area (TPSA) is 115 Å². The lowest BCUT2D eigenvalue weighted by Crippen LogP contribution is -2.41. The van der Waals surface area contributed by atoms with Crippen molar-refractivity contribution in [3.05, 3.63) is 33.9 Å². The van der Waals surface area contributed by atoms with Crippen LogP contribution in [0.1, 0.15) is 18.4 Å². The van der Waals surface area contributed by atoms with Crippen LogP contribution >= 0.6 is 0 Å². The van der Waals surface area contributed by atoms with Crippen molar-refractivity contribution in [2.75, 3.05) is 6.54 Å². The number of nitro benzene ring substituents is 1. The van der Waals surface area contributed by atoms with Crippen molar-refractivity contribution in [3.8, 4) is 0 Å². The first-order valence-corrected chi connectivity index (χ1v) is 7.81. The van der Waals surface area contributed by atoms with Crippen LogP contribution in [0.5, 0.6) is 0 Å². The maximum atomic E-state index is 12.2. The summed E-state index contributed by atoms with van der Waals surface area (Å²) in [6.07, 6.45) is 1.91. The SMILES string of the molecule is Cc1ccc(S(=O)(=O)NC(CN)C2CC2)cc1[N+](=O)[O-]. The van der Waals surface area contributed by atoms with Crippen molar-refractivity contribution < 1.29 is 13.3 Å². The molecule has 1 saturated carbocycles. The first kappa shape index (κ1) is 14.9. The van der Waals surface area contributed by atoms with Gasteiger partial charge < -0.3 is 5.73 Å². The lowest BCUT2D eigenvalue weighted by molar-refractivity contribution is -0.385. The number of nitrogens with one attached hydrogen (secondary N) is 1. The number of hydrogen-bond acceptors (Lipinski definition) is 5. The van der Waals surface area contributed by atoms with Crippen LogP contribution in [0.2, 0.25) is 0 Å². The fraction of sp³-hybridized carbons (Fsp3) is 0.500. The Morgan fingerprint density at radius 2 is 2.15 bits per heavy atom. The molecule has 0 aliphatic heterocycles. The largest absolute Gasteiger partial charge is 0.329 e. The van der Waals surface area contributed by atoms with Gasteiger partial charge in [0.15, 0.2) is 0 Å². The molecule has 1 fully saturated rings. The molecule has 0 heterocycles. The maximum Gasteiger partial charge on any atom is 0.273 e. The van der Waals surface area contributed by atoms with Crippen LogP contribution in [0, 0.1) is 23.0 Å². The Balaban J connectivity index is 2.29. The van der Waals surface area contributed by atoms with Crippen molar-refractivity contribution >= 4 is 15.7 Å². The molecular weight excluding hydrogens is 282 g/mol. The lowest BCUT2D eigenvalue weighted by Gasteiger charge is -2.16. The molecule has 1 unspecified atom stereocenters. The Morgan fingerprint density at radius 1 is 1.50 bits per heavy atom. The van der Waals surface area contributed by atoms with Gasteiger partial charge >= 0.3 is 0 Å². The summed E-state index contributed by atoms with van der Waals surface area (Å²) < 4.78 is 27.0. The fourth-order valence-electron chi connectivity index (χ4n) is 2.06. The normalized spacial score (nSPS) is 16.9. The van der Waals surface area contributed by atoms with Crippen molar-refractivity contribution in [1.82, 2.24) is 4.72 Å². The first-order chi connectivity index (χ1) is 9.35. The zero-order valence-electron chi connectivity index (χ0n) is 11.1. The molecule has 2 rings (SSSR count). The highest BCUT2D eigenvalue weighted by molar-refractivity contribution is 7.89. The minimum absolute atomic E-state index is 0.103. The van der Waals surface area contributed by atoms with E-state index in [0.29, 0.717) is 5.56 Å². The van der Waals surface area contributed by atoms with Gasteiger partial charge in [-0.25, -0.2) is 13.1 Å². The number of rotatable bonds is 6. The number of benzene rings is 1. The van der Waals surface area contributed by atoms with Gasteiger partial charge in [-0.1, -0.05) is 6.07 Å². The quantitative estimate of drug-likeness (QED) is 0.598. The second-order valence-corrected chi connectivity index (χ2v) is 6.72. The highest BCUT2D eigenvalue weighted by Crippen LogP contribution is 2.33. The molecule has 0 saturated heterocycles. The van der Waals surface area contributed by atoms with E-state index < -0.39 is 14.9 Å². The third-order valence-corrected chi connectivity index (χ3v) is 4.93. The molecule has 1 aliphatic carbocycles. The minimum Gasteiger partial charge on any atom is -0.329 e. The summed E-state index contributed by atoms with van der Waals surface area (Å²) in [6, 6.07) is 3.57. The summed E-state index contributed by atoms with van der Waals surface area (Å²) in [6.45, 7) is 1.78. The molecule has 0 radical (unpaired) electrons. The zero-order chi connectivity index (χ0) is 14.9. The summed E-state index contributed by atoms with van der Waals surface area (Å²) >= 11 is 0. The van der Waals surface area contributed by atoms with Crippen molar-refractivity contribution in [3.63, 3.8) is 0 Å². The van der Waals surface area contributed by atoms with E-state index in [-0.39, 0.29) is 29.1 Å². The molecule has 7 nitrogen and oxygen atoms in total. The van der Waals surface area contributed by atoms with Gasteiger partial charge in [-0.3, -0.25) is 10.1 Å². The predicted molar refractivity (Wildman–Crippen MR) is 73.7 cm³/mol. The molecule has 1 aliphatic rings. The van der Waals surface area contributed by atoms with E-state index in [2.05, 4.69) is 4.72 Å². The Morgan fingerprint density at radius 3 is 2.65 bits per heavy atom. The third kappa shape index (κ3) is 3.14. The summed E-state index contributed by atoms with van der Waals surface area (Å²) in [5, 5.41) is 10.9. The summed E-state index contributed by atoms with van der Waals surface area (Å²) in [5.41, 5.74) is 5.78. The van der Waals surface area contributed by atoms with Gasteiger partial charge in [0.1, 0.15) is 0 Å². The van der Waals surface area contributed by atoms with Gasteiger partial charge in [-0.15, -0.1) is 0 Å². The van der Waals surface area contributed by atoms with E-state index in [4.69, 9.17) is 5.73 Å². The average Bonchev–Trinajstić information content (AvgIpc) is 3.20. The number of nitro groups is 1. The second-order valence-electron chi connectivity index (χ2n) is 5.01. The third-order valence-electron chi connectivity index (χ3n) is 3.44. The molecule has 20 heavy (non-hydrogen) atoms. The average molecular weight is 299 g/mol. The number of nitrogens with two attached hydrogens (primary N) is 1. The fourth-order valence-corrected chi connectivity index (χ4v) is 3.39. The molecular formula is C12H17N3O4S. The van der Waals surface area contributed by atoms with E-state index in [0.717, 1.165) is 18.9 Å². The van der Waals surface area contributed by atoms with Crippen LogP contribution in [0.15, 0.2) is 23.1 Å². The summed E-state index contributed by atoms with van der Waals surface area (Å²) in [4.78, 5) is 10.2. The molecule has 0 amide bonds. The van der Waals surface area contributed by atoms with Crippen LogP contribution in [-0.4, -0.2) is 25.9 Å². The standard InChI is InChI=1S/C12H17N3O4S/c1-8-2-5-10(6-12(8)15(16)17)20(18,19)14-11(7-13)9-3-4-9/h2,5-6,9,11,14H,3-4,7,13H2,1H3. The van der Waals surface area contributed by atoms with Crippen molar-refractivity contribution in [2.24, 2.45) is 11.7 Å². The van der Waals surface area contributed by atoms with Crippen LogP contribution in [-0.2, 0) is 10.0 Å². The molecule has 0 spiro atoms. The number of aryl methyl sites for hydroxylation is 1. The van der Waals surface area contributed by atoms with Gasteiger partial charge in [-0.2, -0.15) is 0 Å². The molecule has 0 aromatic heterocycles. The number of sulfonamides is 1. The van der Waals surface area contributed by atoms with E-state index in [1.54, 1.807) is 6.92 Å². The first-order valence-electron chi connectivity index (χ1n) is 6.32. The highest BCUT2D eigenvalue weighted by Gasteiger charge is 2.33. The van der Waals surface area contributed by atoms with Crippen LogP contribution in [0.25, 0.3) is 0 Å². The minimum atomic E-state index is -3.78. The van der Waals surface area contributed by atoms with Gasteiger partial charge in [0.05, 0.1) is 9.82 Å². The Kier molecular flexibility index (Phi) is 4.07. The van der Waals surface area contributed by atoms with E-state index in [9.17, 15) is 18.5 Å². The van der Waals surface area contributed by atoms with E-state index in [1.165, 1.54) is 12.1 Å². The van der Waals surface area contributed by atoms with Crippen molar-refractivity contribution in [2.45, 2.75) is 30.7 Å². The summed E-state index contributed by atoms with van der Waals surface area (Å²) in [7, 11) is -3.78. The van der Waals surface area contributed by atoms with Crippen LogP contribution < -0.4 is 10.5 Å². The van der Waals surface area contributed by atoms with E-state index in [1.807, 2.05) is 0 Å². The number of nitrogens with zero attached hydrogens (tertiary/aromatic N) is 1.